The lowest BCUT2D eigenvalue weighted by Gasteiger charge is -2.14. The van der Waals surface area contributed by atoms with Gasteiger partial charge in [-0.2, -0.15) is 0 Å². The third-order valence-corrected chi connectivity index (χ3v) is 5.99. The van der Waals surface area contributed by atoms with Crippen LogP contribution in [-0.2, 0) is 16.3 Å². The molecule has 5 heteroatoms. The summed E-state index contributed by atoms with van der Waals surface area (Å²) in [5.41, 5.74) is 3.79. The highest BCUT2D eigenvalue weighted by Gasteiger charge is 2.09. The fraction of sp³-hybridized carbons (Fsp3) is 1.00. The summed E-state index contributed by atoms with van der Waals surface area (Å²) in [5, 5.41) is 0. The lowest BCUT2D eigenvalue weighted by molar-refractivity contribution is 0.385. The van der Waals surface area contributed by atoms with E-state index in [2.05, 4.69) is 6.92 Å². The second-order valence-electron chi connectivity index (χ2n) is 2.50. The molecule has 1 unspecified atom stereocenters. The summed E-state index contributed by atoms with van der Waals surface area (Å²) in [6.07, 6.45) is 3.70. The number of hydrogen-bond acceptors (Lipinski definition) is 3. The molecule has 0 amide bonds. The van der Waals surface area contributed by atoms with Gasteiger partial charge in [0.05, 0.1) is 6.61 Å². The van der Waals surface area contributed by atoms with Gasteiger partial charge in [0.2, 0.25) is 0 Å². The van der Waals surface area contributed by atoms with Crippen LogP contribution in [0.2, 0.25) is 0 Å². The van der Waals surface area contributed by atoms with Gasteiger partial charge in [0.25, 0.3) is 0 Å². The summed E-state index contributed by atoms with van der Waals surface area (Å²) >= 11 is 6.75. The van der Waals surface area contributed by atoms with Crippen molar-refractivity contribution in [1.82, 2.24) is 0 Å². The number of nitrogens with two attached hydrogens (primary N) is 1. The lowest BCUT2D eigenvalue weighted by atomic mass is 10.3. The molecule has 74 valence electrons. The zero-order valence-corrected chi connectivity index (χ0v) is 10.3. The van der Waals surface area contributed by atoms with Gasteiger partial charge in [-0.15, -0.1) is 0 Å². The fourth-order valence-corrected chi connectivity index (χ4v) is 4.46. The van der Waals surface area contributed by atoms with Crippen molar-refractivity contribution in [1.29, 1.82) is 0 Å². The predicted molar refractivity (Wildman–Crippen MR) is 62.1 cm³/mol. The molecule has 0 aliphatic rings. The predicted octanol–water partition coefficient (Wildman–Crippen LogP) is 3.13. The van der Waals surface area contributed by atoms with Crippen LogP contribution >= 0.6 is 17.0 Å². The van der Waals surface area contributed by atoms with Gasteiger partial charge in [-0.25, -0.2) is 0 Å². The zero-order valence-electron chi connectivity index (χ0n) is 7.78. The molecule has 0 radical (unpaired) electrons. The van der Waals surface area contributed by atoms with E-state index in [0.717, 1.165) is 5.75 Å². The van der Waals surface area contributed by atoms with Gasteiger partial charge in [0, 0.05) is 5.75 Å². The molecule has 0 saturated heterocycles. The molecule has 0 bridgehead atoms. The third-order valence-electron chi connectivity index (χ3n) is 1.33. The average Bonchev–Trinajstić information content (AvgIpc) is 1.98. The van der Waals surface area contributed by atoms with E-state index in [1.165, 1.54) is 19.3 Å². The van der Waals surface area contributed by atoms with Crippen molar-refractivity contribution in [3.8, 4) is 0 Å². The van der Waals surface area contributed by atoms with E-state index in [0.29, 0.717) is 6.61 Å². The monoisotopic (exact) mass is 227 g/mol. The maximum absolute atomic E-state index is 5.78. The minimum absolute atomic E-state index is 0.633. The summed E-state index contributed by atoms with van der Waals surface area (Å²) in [6.45, 7) is 4.75. The normalized spacial score (nSPS) is 15.9. The van der Waals surface area contributed by atoms with Gasteiger partial charge in [-0.05, 0) is 25.2 Å². The van der Waals surface area contributed by atoms with Crippen LogP contribution < -0.4 is 5.50 Å². The standard InChI is InChI=1S/C7H18NOPS2/c1-3-5-6-7-12-10(8,11)9-4-2/h3-7H2,1-2H3,(H2,8,11). The SMILES string of the molecule is CCCCCSP(N)(=S)OCC. The molecule has 0 heterocycles. The molecule has 0 aliphatic carbocycles. The van der Waals surface area contributed by atoms with E-state index in [4.69, 9.17) is 21.8 Å². The first-order chi connectivity index (χ1) is 5.62. The van der Waals surface area contributed by atoms with E-state index in [1.807, 2.05) is 6.92 Å². The minimum atomic E-state index is -1.98. The van der Waals surface area contributed by atoms with Crippen LogP contribution in [0.1, 0.15) is 33.1 Å². The summed E-state index contributed by atoms with van der Waals surface area (Å²) in [6, 6.07) is 0. The first-order valence-corrected chi connectivity index (χ1v) is 8.68. The Morgan fingerprint density at radius 2 is 2.08 bits per heavy atom. The highest BCUT2D eigenvalue weighted by atomic mass is 32.9. The Kier molecular flexibility index (Phi) is 7.90. The molecule has 0 rings (SSSR count). The van der Waals surface area contributed by atoms with Crippen LogP contribution in [0.5, 0.6) is 0 Å². The fourth-order valence-electron chi connectivity index (χ4n) is 0.761. The topological polar surface area (TPSA) is 35.2 Å². The Morgan fingerprint density at radius 1 is 1.42 bits per heavy atom. The molecule has 0 spiro atoms. The molecule has 2 N–H and O–H groups in total. The second-order valence-corrected chi connectivity index (χ2v) is 9.23. The summed E-state index contributed by atoms with van der Waals surface area (Å²) < 4.78 is 5.28. The second kappa shape index (κ2) is 7.34. The molecule has 0 aliphatic heterocycles. The Bertz CT molecular complexity index is 154. The number of hydrogen-bond donors (Lipinski definition) is 1. The summed E-state index contributed by atoms with van der Waals surface area (Å²) in [4.78, 5) is 0. The van der Waals surface area contributed by atoms with Gasteiger partial charge < -0.3 is 4.52 Å². The van der Waals surface area contributed by atoms with Crippen molar-refractivity contribution in [2.75, 3.05) is 12.4 Å². The Labute approximate surface area is 84.5 Å². The van der Waals surface area contributed by atoms with Crippen molar-refractivity contribution in [3.05, 3.63) is 0 Å². The quantitative estimate of drug-likeness (QED) is 0.535. The van der Waals surface area contributed by atoms with Crippen LogP contribution in [0, 0.1) is 0 Å². The molecule has 1 atom stereocenters. The van der Waals surface area contributed by atoms with Crippen LogP contribution in [0.15, 0.2) is 0 Å². The highest BCUT2D eigenvalue weighted by molar-refractivity contribution is 8.68. The maximum Gasteiger partial charge on any atom is 0.183 e. The van der Waals surface area contributed by atoms with Crippen LogP contribution in [0.3, 0.4) is 0 Å². The highest BCUT2D eigenvalue weighted by Crippen LogP contribution is 2.52. The smallest absolute Gasteiger partial charge is 0.183 e. The van der Waals surface area contributed by atoms with Gasteiger partial charge in [-0.3, -0.25) is 5.50 Å². The lowest BCUT2D eigenvalue weighted by Crippen LogP contribution is -1.96. The van der Waals surface area contributed by atoms with Gasteiger partial charge >= 0.3 is 0 Å². The molecule has 0 aromatic rings. The van der Waals surface area contributed by atoms with Gasteiger partial charge in [0.15, 0.2) is 5.62 Å². The average molecular weight is 227 g/mol. The van der Waals surface area contributed by atoms with E-state index >= 15 is 0 Å². The van der Waals surface area contributed by atoms with Crippen molar-refractivity contribution in [2.24, 2.45) is 5.50 Å². The zero-order chi connectivity index (χ0) is 9.45. The van der Waals surface area contributed by atoms with E-state index < -0.39 is 5.62 Å². The van der Waals surface area contributed by atoms with Crippen LogP contribution in [0.25, 0.3) is 0 Å². The van der Waals surface area contributed by atoms with Gasteiger partial charge in [-0.1, -0.05) is 31.1 Å². The molecular weight excluding hydrogens is 209 g/mol. The molecule has 0 saturated carbocycles. The molecule has 0 aromatic heterocycles. The van der Waals surface area contributed by atoms with Crippen LogP contribution in [-0.4, -0.2) is 12.4 Å². The Balaban J connectivity index is 3.41. The molecule has 2 nitrogen and oxygen atoms in total. The maximum atomic E-state index is 5.78. The first-order valence-electron chi connectivity index (χ1n) is 4.30. The Morgan fingerprint density at radius 3 is 2.58 bits per heavy atom. The van der Waals surface area contributed by atoms with E-state index in [-0.39, 0.29) is 0 Å². The molecular formula is C7H18NOPS2. The van der Waals surface area contributed by atoms with Gasteiger partial charge in [0.1, 0.15) is 0 Å². The van der Waals surface area contributed by atoms with Crippen LogP contribution in [0.4, 0.5) is 0 Å². The largest absolute Gasteiger partial charge is 0.331 e. The third kappa shape index (κ3) is 7.56. The van der Waals surface area contributed by atoms with Crippen molar-refractivity contribution < 1.29 is 4.52 Å². The number of unbranched alkanes of at least 4 members (excludes halogenated alkanes) is 2. The minimum Gasteiger partial charge on any atom is -0.331 e. The molecule has 12 heavy (non-hydrogen) atoms. The van der Waals surface area contributed by atoms with Crippen molar-refractivity contribution in [3.63, 3.8) is 0 Å². The van der Waals surface area contributed by atoms with Crippen molar-refractivity contribution in [2.45, 2.75) is 33.1 Å². The van der Waals surface area contributed by atoms with E-state index in [1.54, 1.807) is 11.4 Å². The molecule has 0 aromatic carbocycles. The first kappa shape index (κ1) is 12.9. The number of rotatable bonds is 7. The summed E-state index contributed by atoms with van der Waals surface area (Å²) in [5.74, 6) is 1.04. The Hall–Kier alpha value is 0.920. The van der Waals surface area contributed by atoms with Crippen molar-refractivity contribution >= 4 is 28.8 Å². The summed E-state index contributed by atoms with van der Waals surface area (Å²) in [7, 11) is 0. The van der Waals surface area contributed by atoms with E-state index in [9.17, 15) is 0 Å². The molecule has 0 fully saturated rings.